The minimum absolute atomic E-state index is 0.0891. The van der Waals surface area contributed by atoms with Gasteiger partial charge in [0.2, 0.25) is 0 Å². The first-order valence-corrected chi connectivity index (χ1v) is 9.07. The Hall–Kier alpha value is -2.07. The van der Waals surface area contributed by atoms with E-state index in [-0.39, 0.29) is 5.41 Å². The molecule has 4 nitrogen and oxygen atoms in total. The summed E-state index contributed by atoms with van der Waals surface area (Å²) in [6.07, 6.45) is 2.69. The molecule has 2 N–H and O–H groups in total. The summed E-state index contributed by atoms with van der Waals surface area (Å²) >= 11 is 6.12. The van der Waals surface area contributed by atoms with Gasteiger partial charge in [-0.25, -0.2) is 0 Å². The molecule has 0 aliphatic heterocycles. The molecule has 2 rings (SSSR count). The molecule has 2 aromatic rings. The van der Waals surface area contributed by atoms with E-state index in [4.69, 9.17) is 16.6 Å². The maximum atomic E-state index is 6.12. The molecule has 1 aromatic heterocycles. The van der Waals surface area contributed by atoms with E-state index in [1.165, 1.54) is 5.56 Å². The van der Waals surface area contributed by atoms with Crippen molar-refractivity contribution in [3.8, 4) is 0 Å². The molecular formula is C20H27ClN4. The number of nitrogens with zero attached hydrogens (tertiary/aromatic N) is 2. The number of benzene rings is 1. The molecule has 0 atom stereocenters. The van der Waals surface area contributed by atoms with Gasteiger partial charge in [0.15, 0.2) is 5.96 Å². The zero-order valence-corrected chi connectivity index (χ0v) is 16.0. The van der Waals surface area contributed by atoms with Crippen LogP contribution in [-0.2, 0) is 11.8 Å². The molecule has 0 aliphatic carbocycles. The second-order valence-corrected chi connectivity index (χ2v) is 7.02. The number of guanidine groups is 1. The van der Waals surface area contributed by atoms with E-state index in [0.29, 0.717) is 6.54 Å². The zero-order chi connectivity index (χ0) is 18.1. The van der Waals surface area contributed by atoms with Crippen LogP contribution in [0.4, 0.5) is 0 Å². The van der Waals surface area contributed by atoms with Gasteiger partial charge in [0.05, 0.1) is 6.54 Å². The Kier molecular flexibility index (Phi) is 7.26. The number of hydrogen-bond acceptors (Lipinski definition) is 2. The lowest BCUT2D eigenvalue weighted by Gasteiger charge is -2.24. The van der Waals surface area contributed by atoms with Crippen molar-refractivity contribution >= 4 is 17.6 Å². The molecule has 0 saturated heterocycles. The molecule has 1 heterocycles. The van der Waals surface area contributed by atoms with Crippen LogP contribution in [0.5, 0.6) is 0 Å². The summed E-state index contributed by atoms with van der Waals surface area (Å²) in [5.74, 6) is 0.827. The number of aliphatic imine (C=N–C) groups is 1. The van der Waals surface area contributed by atoms with Gasteiger partial charge in [-0.2, -0.15) is 0 Å². The lowest BCUT2D eigenvalue weighted by molar-refractivity contribution is 0.537. The van der Waals surface area contributed by atoms with Gasteiger partial charge in [0, 0.05) is 41.8 Å². The van der Waals surface area contributed by atoms with Crippen molar-refractivity contribution in [2.45, 2.75) is 32.6 Å². The molecule has 0 unspecified atom stereocenters. The fourth-order valence-corrected chi connectivity index (χ4v) is 2.66. The Morgan fingerprint density at radius 1 is 1.16 bits per heavy atom. The topological polar surface area (TPSA) is 49.3 Å². The third-order valence-electron chi connectivity index (χ3n) is 3.98. The molecule has 0 radical (unpaired) electrons. The molecule has 1 aromatic carbocycles. The Labute approximate surface area is 155 Å². The fraction of sp³-hybridized carbons (Fsp3) is 0.400. The maximum Gasteiger partial charge on any atom is 0.191 e. The van der Waals surface area contributed by atoms with Crippen molar-refractivity contribution in [1.82, 2.24) is 15.6 Å². The van der Waals surface area contributed by atoms with E-state index >= 15 is 0 Å². The quantitative estimate of drug-likeness (QED) is 0.584. The van der Waals surface area contributed by atoms with Crippen LogP contribution in [0.25, 0.3) is 0 Å². The number of halogens is 1. The number of aromatic nitrogens is 1. The summed E-state index contributed by atoms with van der Waals surface area (Å²) in [4.78, 5) is 9.10. The lowest BCUT2D eigenvalue weighted by atomic mass is 9.85. The minimum atomic E-state index is -0.0891. The van der Waals surface area contributed by atoms with Gasteiger partial charge in [-0.05, 0) is 36.8 Å². The molecule has 25 heavy (non-hydrogen) atoms. The van der Waals surface area contributed by atoms with Gasteiger partial charge in [0.25, 0.3) is 0 Å². The van der Waals surface area contributed by atoms with Crippen molar-refractivity contribution in [2.75, 3.05) is 19.6 Å². The van der Waals surface area contributed by atoms with E-state index in [0.717, 1.165) is 36.2 Å². The Morgan fingerprint density at radius 3 is 2.68 bits per heavy atom. The molecule has 134 valence electrons. The van der Waals surface area contributed by atoms with Gasteiger partial charge in [-0.15, -0.1) is 0 Å². The van der Waals surface area contributed by atoms with Crippen LogP contribution < -0.4 is 10.6 Å². The third kappa shape index (κ3) is 6.39. The molecule has 0 fully saturated rings. The third-order valence-corrected chi connectivity index (χ3v) is 4.22. The normalized spacial score (nSPS) is 12.1. The number of rotatable bonds is 7. The van der Waals surface area contributed by atoms with Crippen molar-refractivity contribution in [3.05, 3.63) is 64.9 Å². The van der Waals surface area contributed by atoms with Crippen LogP contribution in [0.15, 0.2) is 53.7 Å². The van der Waals surface area contributed by atoms with Crippen molar-refractivity contribution in [1.29, 1.82) is 0 Å². The fourth-order valence-electron chi connectivity index (χ4n) is 2.47. The SMILES string of the molecule is CCNC(=NCC(C)(C)c1cccc(Cl)c1)NCCc1ccccn1. The Balaban J connectivity index is 1.96. The van der Waals surface area contributed by atoms with Crippen LogP contribution in [0.1, 0.15) is 32.0 Å². The highest BCUT2D eigenvalue weighted by atomic mass is 35.5. The van der Waals surface area contributed by atoms with Crippen LogP contribution >= 0.6 is 11.6 Å². The number of hydrogen-bond donors (Lipinski definition) is 2. The molecule has 0 amide bonds. The zero-order valence-electron chi connectivity index (χ0n) is 15.2. The molecule has 0 aliphatic rings. The summed E-state index contributed by atoms with van der Waals surface area (Å²) < 4.78 is 0. The van der Waals surface area contributed by atoms with E-state index in [9.17, 15) is 0 Å². The molecule has 0 bridgehead atoms. The summed E-state index contributed by atoms with van der Waals surface area (Å²) in [5.41, 5.74) is 2.17. The van der Waals surface area contributed by atoms with Crippen molar-refractivity contribution in [3.63, 3.8) is 0 Å². The highest BCUT2D eigenvalue weighted by Crippen LogP contribution is 2.25. The van der Waals surface area contributed by atoms with Gasteiger partial charge < -0.3 is 10.6 Å². The van der Waals surface area contributed by atoms with E-state index in [2.05, 4.69) is 42.5 Å². The standard InChI is InChI=1S/C20H27ClN4/c1-4-22-19(24-13-11-18-10-5-6-12-23-18)25-15-20(2,3)16-8-7-9-17(21)14-16/h5-10,12,14H,4,11,13,15H2,1-3H3,(H2,22,24,25). The van der Waals surface area contributed by atoms with E-state index in [1.807, 2.05) is 42.6 Å². The second kappa shape index (κ2) is 9.42. The Bertz CT molecular complexity index is 683. The predicted octanol–water partition coefficient (Wildman–Crippen LogP) is 3.81. The maximum absolute atomic E-state index is 6.12. The van der Waals surface area contributed by atoms with Gasteiger partial charge in [-0.1, -0.05) is 43.6 Å². The average molecular weight is 359 g/mol. The van der Waals surface area contributed by atoms with Crippen molar-refractivity contribution in [2.24, 2.45) is 4.99 Å². The van der Waals surface area contributed by atoms with Crippen LogP contribution in [0.3, 0.4) is 0 Å². The van der Waals surface area contributed by atoms with E-state index in [1.54, 1.807) is 0 Å². The second-order valence-electron chi connectivity index (χ2n) is 6.59. The summed E-state index contributed by atoms with van der Waals surface area (Å²) in [6, 6.07) is 14.0. The summed E-state index contributed by atoms with van der Waals surface area (Å²) in [5, 5.41) is 7.43. The van der Waals surface area contributed by atoms with Crippen LogP contribution in [-0.4, -0.2) is 30.6 Å². The highest BCUT2D eigenvalue weighted by molar-refractivity contribution is 6.30. The van der Waals surface area contributed by atoms with Gasteiger partial charge >= 0.3 is 0 Å². The predicted molar refractivity (Wildman–Crippen MR) is 106 cm³/mol. The van der Waals surface area contributed by atoms with Crippen LogP contribution in [0, 0.1) is 0 Å². The molecular weight excluding hydrogens is 332 g/mol. The first-order valence-electron chi connectivity index (χ1n) is 8.69. The number of nitrogens with one attached hydrogen (secondary N) is 2. The number of pyridine rings is 1. The summed E-state index contributed by atoms with van der Waals surface area (Å²) in [7, 11) is 0. The Morgan fingerprint density at radius 2 is 2.00 bits per heavy atom. The first-order chi connectivity index (χ1) is 12.0. The average Bonchev–Trinajstić information content (AvgIpc) is 2.61. The molecule has 5 heteroatoms. The largest absolute Gasteiger partial charge is 0.357 e. The highest BCUT2D eigenvalue weighted by Gasteiger charge is 2.20. The van der Waals surface area contributed by atoms with Gasteiger partial charge in [-0.3, -0.25) is 9.98 Å². The first kappa shape index (κ1) is 19.3. The smallest absolute Gasteiger partial charge is 0.191 e. The molecule has 0 saturated carbocycles. The lowest BCUT2D eigenvalue weighted by Crippen LogP contribution is -2.39. The summed E-state index contributed by atoms with van der Waals surface area (Å²) in [6.45, 7) is 8.72. The van der Waals surface area contributed by atoms with Crippen molar-refractivity contribution < 1.29 is 0 Å². The van der Waals surface area contributed by atoms with Crippen LogP contribution in [0.2, 0.25) is 5.02 Å². The van der Waals surface area contributed by atoms with E-state index < -0.39 is 0 Å². The van der Waals surface area contributed by atoms with Gasteiger partial charge in [0.1, 0.15) is 0 Å². The molecule has 0 spiro atoms. The monoisotopic (exact) mass is 358 g/mol. The minimum Gasteiger partial charge on any atom is -0.357 e.